The third kappa shape index (κ3) is 9.74. The summed E-state index contributed by atoms with van der Waals surface area (Å²) >= 11 is 0. The van der Waals surface area contributed by atoms with Crippen molar-refractivity contribution in [3.63, 3.8) is 0 Å². The van der Waals surface area contributed by atoms with Gasteiger partial charge in [0.2, 0.25) is 0 Å². The second kappa shape index (κ2) is 15.1. The van der Waals surface area contributed by atoms with E-state index >= 15 is 0 Å². The number of benzene rings is 3. The number of azo groups is 2. The van der Waals surface area contributed by atoms with Gasteiger partial charge in [-0.2, -0.15) is 20.5 Å². The van der Waals surface area contributed by atoms with Crippen molar-refractivity contribution in [3.8, 4) is 5.75 Å². The number of hydrogen-bond acceptors (Lipinski definition) is 7. The summed E-state index contributed by atoms with van der Waals surface area (Å²) in [6.07, 6.45) is 10.3. The zero-order valence-electron chi connectivity index (χ0n) is 20.8. The molecule has 3 rings (SSSR count). The van der Waals surface area contributed by atoms with Crippen LogP contribution in [0.1, 0.15) is 58.3 Å². The van der Waals surface area contributed by atoms with E-state index in [4.69, 9.17) is 4.74 Å². The highest BCUT2D eigenvalue weighted by molar-refractivity contribution is 5.49. The molecule has 0 atom stereocenters. The van der Waals surface area contributed by atoms with Gasteiger partial charge in [-0.1, -0.05) is 51.9 Å². The van der Waals surface area contributed by atoms with E-state index in [0.717, 1.165) is 24.5 Å². The second-order valence-electron chi connectivity index (χ2n) is 8.51. The highest BCUT2D eigenvalue weighted by atomic mass is 16.6. The molecule has 3 aromatic rings. The molecule has 0 bridgehead atoms. The van der Waals surface area contributed by atoms with E-state index in [9.17, 15) is 10.1 Å². The van der Waals surface area contributed by atoms with Crippen LogP contribution in [0.3, 0.4) is 0 Å². The molecule has 0 aliphatic rings. The van der Waals surface area contributed by atoms with E-state index in [1.165, 1.54) is 57.1 Å². The lowest BCUT2D eigenvalue weighted by Gasteiger charge is -2.06. The first-order valence-corrected chi connectivity index (χ1v) is 12.5. The number of nitro groups is 1. The van der Waals surface area contributed by atoms with Crippen molar-refractivity contribution in [1.82, 2.24) is 0 Å². The molecule has 0 amide bonds. The molecule has 0 spiro atoms. The Labute approximate surface area is 212 Å². The number of hydrogen-bond donors (Lipinski definition) is 0. The lowest BCUT2D eigenvalue weighted by molar-refractivity contribution is -0.384. The van der Waals surface area contributed by atoms with Crippen molar-refractivity contribution in [2.75, 3.05) is 6.61 Å². The van der Waals surface area contributed by atoms with Gasteiger partial charge in [0.05, 0.1) is 34.3 Å². The molecule has 3 aromatic carbocycles. The minimum absolute atomic E-state index is 0.0182. The van der Waals surface area contributed by atoms with Gasteiger partial charge in [0.1, 0.15) is 5.75 Å². The molecule has 0 saturated carbocycles. The zero-order valence-corrected chi connectivity index (χ0v) is 20.8. The molecule has 8 heteroatoms. The fraction of sp³-hybridized carbons (Fsp3) is 0.357. The van der Waals surface area contributed by atoms with Crippen LogP contribution in [0.5, 0.6) is 5.75 Å². The molecule has 0 N–H and O–H groups in total. The Morgan fingerprint density at radius 1 is 0.611 bits per heavy atom. The van der Waals surface area contributed by atoms with Gasteiger partial charge in [-0.3, -0.25) is 10.1 Å². The summed E-state index contributed by atoms with van der Waals surface area (Å²) in [6, 6.07) is 20.7. The summed E-state index contributed by atoms with van der Waals surface area (Å²) in [5.41, 5.74) is 2.64. The van der Waals surface area contributed by atoms with E-state index < -0.39 is 4.92 Å². The summed E-state index contributed by atoms with van der Waals surface area (Å²) in [6.45, 7) is 2.99. The first kappa shape index (κ1) is 26.7. The maximum atomic E-state index is 10.7. The van der Waals surface area contributed by atoms with E-state index in [2.05, 4.69) is 27.4 Å². The van der Waals surface area contributed by atoms with Gasteiger partial charge in [0, 0.05) is 12.1 Å². The van der Waals surface area contributed by atoms with Crippen LogP contribution in [-0.4, -0.2) is 11.5 Å². The van der Waals surface area contributed by atoms with E-state index in [-0.39, 0.29) is 5.69 Å². The van der Waals surface area contributed by atoms with Gasteiger partial charge >= 0.3 is 0 Å². The van der Waals surface area contributed by atoms with Crippen molar-refractivity contribution in [2.24, 2.45) is 20.5 Å². The van der Waals surface area contributed by atoms with Gasteiger partial charge < -0.3 is 4.74 Å². The van der Waals surface area contributed by atoms with Crippen LogP contribution >= 0.6 is 0 Å². The molecular formula is C28H33N5O3. The van der Waals surface area contributed by atoms with Crippen LogP contribution in [-0.2, 0) is 0 Å². The standard InChI is InChI=1S/C28H33N5O3/c1-2-3-4-5-6-7-8-9-22-36-28-20-16-26(17-21-28)32-30-24-12-10-23(11-13-24)29-31-25-14-18-27(19-15-25)33(34)35/h10-21H,2-9,22H2,1H3. The molecule has 0 aliphatic carbocycles. The zero-order chi connectivity index (χ0) is 25.4. The highest BCUT2D eigenvalue weighted by Gasteiger charge is 2.03. The van der Waals surface area contributed by atoms with Crippen molar-refractivity contribution in [1.29, 1.82) is 0 Å². The van der Waals surface area contributed by atoms with Crippen LogP contribution in [0.15, 0.2) is 93.3 Å². The molecule has 188 valence electrons. The number of ether oxygens (including phenoxy) is 1. The summed E-state index contributed by atoms with van der Waals surface area (Å²) in [5, 5.41) is 27.5. The molecule has 0 radical (unpaired) electrons. The van der Waals surface area contributed by atoms with Crippen LogP contribution in [0.25, 0.3) is 0 Å². The van der Waals surface area contributed by atoms with Gasteiger partial charge in [-0.15, -0.1) is 0 Å². The first-order chi connectivity index (χ1) is 17.6. The summed E-state index contributed by atoms with van der Waals surface area (Å²) in [4.78, 5) is 10.3. The van der Waals surface area contributed by atoms with Gasteiger partial charge in [0.25, 0.3) is 5.69 Å². The average molecular weight is 488 g/mol. The third-order valence-electron chi connectivity index (χ3n) is 5.58. The quantitative estimate of drug-likeness (QED) is 0.0921. The Hall–Kier alpha value is -3.94. The van der Waals surface area contributed by atoms with Crippen molar-refractivity contribution >= 4 is 28.4 Å². The van der Waals surface area contributed by atoms with Gasteiger partial charge in [0.15, 0.2) is 0 Å². The topological polar surface area (TPSA) is 102 Å². The number of nitrogens with zero attached hydrogens (tertiary/aromatic N) is 5. The molecule has 0 aromatic heterocycles. The molecule has 8 nitrogen and oxygen atoms in total. The number of non-ortho nitro benzene ring substituents is 1. The van der Waals surface area contributed by atoms with Crippen molar-refractivity contribution < 1.29 is 9.66 Å². The molecular weight excluding hydrogens is 454 g/mol. The van der Waals surface area contributed by atoms with E-state index in [1.54, 1.807) is 36.4 Å². The monoisotopic (exact) mass is 487 g/mol. The van der Waals surface area contributed by atoms with Crippen LogP contribution in [0, 0.1) is 10.1 Å². The third-order valence-corrected chi connectivity index (χ3v) is 5.58. The Kier molecular flexibility index (Phi) is 11.2. The number of unbranched alkanes of at least 4 members (excludes halogenated alkanes) is 7. The predicted molar refractivity (Wildman–Crippen MR) is 142 cm³/mol. The predicted octanol–water partition coefficient (Wildman–Crippen LogP) is 9.95. The molecule has 0 aliphatic heterocycles. The van der Waals surface area contributed by atoms with E-state index in [0.29, 0.717) is 17.1 Å². The van der Waals surface area contributed by atoms with Crippen molar-refractivity contribution in [2.45, 2.75) is 58.3 Å². The normalized spacial score (nSPS) is 11.4. The maximum absolute atomic E-state index is 10.7. The number of nitro benzene ring substituents is 1. The molecule has 0 heterocycles. The first-order valence-electron chi connectivity index (χ1n) is 12.5. The highest BCUT2D eigenvalue weighted by Crippen LogP contribution is 2.25. The summed E-state index contributed by atoms with van der Waals surface area (Å²) in [7, 11) is 0. The fourth-order valence-corrected chi connectivity index (χ4v) is 3.49. The lowest BCUT2D eigenvalue weighted by Crippen LogP contribution is -1.96. The van der Waals surface area contributed by atoms with Crippen LogP contribution in [0.2, 0.25) is 0 Å². The largest absolute Gasteiger partial charge is 0.494 e. The molecule has 0 fully saturated rings. The summed E-state index contributed by atoms with van der Waals surface area (Å²) in [5.74, 6) is 0.847. The fourth-order valence-electron chi connectivity index (χ4n) is 3.49. The molecule has 0 saturated heterocycles. The van der Waals surface area contributed by atoms with E-state index in [1.807, 2.05) is 24.3 Å². The molecule has 0 unspecified atom stereocenters. The Morgan fingerprint density at radius 2 is 1.00 bits per heavy atom. The van der Waals surface area contributed by atoms with Gasteiger partial charge in [-0.25, -0.2) is 0 Å². The minimum atomic E-state index is -0.449. The SMILES string of the molecule is CCCCCCCCCCOc1ccc(N=Nc2ccc(N=Nc3ccc([N+](=O)[O-])cc3)cc2)cc1. The Balaban J connectivity index is 1.39. The Bertz CT molecular complexity index is 1110. The smallest absolute Gasteiger partial charge is 0.269 e. The molecule has 36 heavy (non-hydrogen) atoms. The Morgan fingerprint density at radius 3 is 1.44 bits per heavy atom. The van der Waals surface area contributed by atoms with Crippen LogP contribution in [0.4, 0.5) is 28.4 Å². The lowest BCUT2D eigenvalue weighted by atomic mass is 10.1. The van der Waals surface area contributed by atoms with Crippen molar-refractivity contribution in [3.05, 3.63) is 82.9 Å². The number of rotatable bonds is 15. The van der Waals surface area contributed by atoms with Gasteiger partial charge in [-0.05, 0) is 67.1 Å². The van der Waals surface area contributed by atoms with Crippen LogP contribution < -0.4 is 4.74 Å². The maximum Gasteiger partial charge on any atom is 0.269 e. The summed E-state index contributed by atoms with van der Waals surface area (Å²) < 4.78 is 5.83. The second-order valence-corrected chi connectivity index (χ2v) is 8.51. The average Bonchev–Trinajstić information content (AvgIpc) is 2.91. The minimum Gasteiger partial charge on any atom is -0.494 e.